The summed E-state index contributed by atoms with van der Waals surface area (Å²) < 4.78 is 41.1. The number of hydrogen-bond acceptors (Lipinski definition) is 5. The van der Waals surface area contributed by atoms with Crippen LogP contribution in [-0.4, -0.2) is 30.6 Å². The number of benzene rings is 1. The van der Waals surface area contributed by atoms with Crippen molar-refractivity contribution >= 4 is 17.4 Å². The number of fused-ring (bicyclic) bond motifs is 1. The second-order valence-corrected chi connectivity index (χ2v) is 6.43. The lowest BCUT2D eigenvalue weighted by Gasteiger charge is -2.12. The molecule has 1 amide bonds. The molecule has 30 heavy (non-hydrogen) atoms. The van der Waals surface area contributed by atoms with Crippen molar-refractivity contribution in [1.82, 2.24) is 19.6 Å². The highest BCUT2D eigenvalue weighted by molar-refractivity contribution is 6.04. The zero-order chi connectivity index (χ0) is 21.5. The molecule has 0 bridgehead atoms. The minimum absolute atomic E-state index is 0.0319. The smallest absolute Gasteiger partial charge is 0.417 e. The number of pyridine rings is 1. The number of alkyl halides is 3. The summed E-state index contributed by atoms with van der Waals surface area (Å²) >= 11 is 0. The van der Waals surface area contributed by atoms with Crippen molar-refractivity contribution < 1.29 is 23.1 Å². The van der Waals surface area contributed by atoms with Crippen LogP contribution in [0.1, 0.15) is 21.7 Å². The molecule has 152 valence electrons. The van der Waals surface area contributed by atoms with Crippen LogP contribution >= 0.6 is 0 Å². The predicted molar refractivity (Wildman–Crippen MR) is 102 cm³/mol. The molecule has 0 fully saturated rings. The van der Waals surface area contributed by atoms with Crippen LogP contribution in [0.2, 0.25) is 0 Å². The molecule has 0 aliphatic heterocycles. The molecule has 2 N–H and O–H groups in total. The van der Waals surface area contributed by atoms with Crippen LogP contribution in [0.4, 0.5) is 19.0 Å². The van der Waals surface area contributed by atoms with Crippen molar-refractivity contribution in [2.75, 3.05) is 5.32 Å². The van der Waals surface area contributed by atoms with Crippen LogP contribution in [-0.2, 0) is 6.18 Å². The Hall–Kier alpha value is -3.95. The zero-order valence-corrected chi connectivity index (χ0v) is 15.5. The fourth-order valence-corrected chi connectivity index (χ4v) is 3.00. The van der Waals surface area contributed by atoms with Gasteiger partial charge in [0.25, 0.3) is 5.91 Å². The Kier molecular flexibility index (Phi) is 4.61. The van der Waals surface area contributed by atoms with Gasteiger partial charge in [-0.15, -0.1) is 0 Å². The Balaban J connectivity index is 1.80. The van der Waals surface area contributed by atoms with E-state index in [4.69, 9.17) is 0 Å². The molecule has 0 radical (unpaired) electrons. The number of carbonyl (C=O) groups excluding carboxylic acids is 1. The summed E-state index contributed by atoms with van der Waals surface area (Å²) in [4.78, 5) is 20.7. The summed E-state index contributed by atoms with van der Waals surface area (Å²) in [5, 5.41) is 16.8. The van der Waals surface area contributed by atoms with E-state index in [-0.39, 0.29) is 28.4 Å². The van der Waals surface area contributed by atoms with Gasteiger partial charge in [0.05, 0.1) is 11.3 Å². The number of rotatable bonds is 3. The Morgan fingerprint density at radius 2 is 1.80 bits per heavy atom. The number of nitrogens with one attached hydrogen (secondary N) is 1. The van der Waals surface area contributed by atoms with Gasteiger partial charge in [-0.05, 0) is 37.3 Å². The van der Waals surface area contributed by atoms with Crippen molar-refractivity contribution in [2.45, 2.75) is 13.1 Å². The van der Waals surface area contributed by atoms with Crippen molar-refractivity contribution in [3.8, 4) is 17.1 Å². The molecule has 0 aliphatic rings. The van der Waals surface area contributed by atoms with Gasteiger partial charge in [-0.3, -0.25) is 4.79 Å². The summed E-state index contributed by atoms with van der Waals surface area (Å²) in [5.41, 5.74) is -0.611. The van der Waals surface area contributed by atoms with Crippen molar-refractivity contribution in [3.63, 3.8) is 0 Å². The number of hydrogen-bond donors (Lipinski definition) is 2. The Morgan fingerprint density at radius 1 is 1.03 bits per heavy atom. The Morgan fingerprint density at radius 3 is 2.53 bits per heavy atom. The SMILES string of the molecule is Cc1cccc(NC(=O)c2c(O)nc3ccc(-c4ccccc4C(F)(F)F)nn23)n1. The molecule has 4 rings (SSSR count). The summed E-state index contributed by atoms with van der Waals surface area (Å²) in [6.07, 6.45) is -4.58. The van der Waals surface area contributed by atoms with Crippen molar-refractivity contribution in [1.29, 1.82) is 0 Å². The minimum Gasteiger partial charge on any atom is -0.492 e. The summed E-state index contributed by atoms with van der Waals surface area (Å²) in [6.45, 7) is 1.74. The lowest BCUT2D eigenvalue weighted by Crippen LogP contribution is -2.17. The third-order valence-electron chi connectivity index (χ3n) is 4.31. The molecule has 0 saturated heterocycles. The highest BCUT2D eigenvalue weighted by atomic mass is 19.4. The quantitative estimate of drug-likeness (QED) is 0.528. The molecule has 0 saturated carbocycles. The van der Waals surface area contributed by atoms with Crippen LogP contribution in [0.25, 0.3) is 16.9 Å². The van der Waals surface area contributed by atoms with E-state index in [9.17, 15) is 23.1 Å². The van der Waals surface area contributed by atoms with E-state index in [0.717, 1.165) is 10.6 Å². The maximum atomic E-state index is 13.4. The van der Waals surface area contributed by atoms with Gasteiger partial charge in [-0.2, -0.15) is 23.3 Å². The summed E-state index contributed by atoms with van der Waals surface area (Å²) in [6, 6.07) is 12.7. The van der Waals surface area contributed by atoms with Gasteiger partial charge in [-0.25, -0.2) is 9.50 Å². The molecule has 1 aromatic carbocycles. The van der Waals surface area contributed by atoms with Gasteiger partial charge < -0.3 is 10.4 Å². The number of amides is 1. The molecule has 3 aromatic heterocycles. The van der Waals surface area contributed by atoms with E-state index < -0.39 is 23.5 Å². The number of halogens is 3. The van der Waals surface area contributed by atoms with E-state index in [1.165, 1.54) is 30.3 Å². The van der Waals surface area contributed by atoms with E-state index in [1.807, 2.05) is 0 Å². The maximum Gasteiger partial charge on any atom is 0.417 e. The predicted octanol–water partition coefficient (Wildman–Crippen LogP) is 4.08. The van der Waals surface area contributed by atoms with E-state index in [2.05, 4.69) is 20.4 Å². The fraction of sp³-hybridized carbons (Fsp3) is 0.100. The molecule has 10 heteroatoms. The second-order valence-electron chi connectivity index (χ2n) is 6.43. The Bertz CT molecular complexity index is 1270. The highest BCUT2D eigenvalue weighted by Crippen LogP contribution is 2.36. The molecular weight excluding hydrogens is 399 g/mol. The lowest BCUT2D eigenvalue weighted by atomic mass is 10.0. The van der Waals surface area contributed by atoms with Crippen molar-refractivity contribution in [2.24, 2.45) is 0 Å². The minimum atomic E-state index is -4.58. The van der Waals surface area contributed by atoms with Gasteiger partial charge in [0, 0.05) is 11.3 Å². The number of aryl methyl sites for hydroxylation is 1. The number of nitrogens with zero attached hydrogens (tertiary/aromatic N) is 4. The second kappa shape index (κ2) is 7.14. The first kappa shape index (κ1) is 19.4. The van der Waals surface area contributed by atoms with Crippen LogP contribution < -0.4 is 5.32 Å². The first-order valence-corrected chi connectivity index (χ1v) is 8.74. The largest absolute Gasteiger partial charge is 0.492 e. The zero-order valence-electron chi connectivity index (χ0n) is 15.5. The standard InChI is InChI=1S/C20H14F3N5O2/c1-11-5-4-8-15(24-11)25-18(29)17-19(30)26-16-10-9-14(27-28(16)17)12-6-2-3-7-13(12)20(21,22)23/h2-10,30H,1H3,(H,24,25,29). The first-order chi connectivity index (χ1) is 14.2. The molecule has 0 aliphatic carbocycles. The van der Waals surface area contributed by atoms with E-state index in [0.29, 0.717) is 5.69 Å². The van der Waals surface area contributed by atoms with Gasteiger partial charge in [0.15, 0.2) is 11.3 Å². The molecule has 0 atom stereocenters. The third-order valence-corrected chi connectivity index (χ3v) is 4.31. The fourth-order valence-electron chi connectivity index (χ4n) is 3.00. The summed E-state index contributed by atoms with van der Waals surface area (Å²) in [5.74, 6) is -1.12. The van der Waals surface area contributed by atoms with Gasteiger partial charge in [0.2, 0.25) is 5.88 Å². The highest BCUT2D eigenvalue weighted by Gasteiger charge is 2.34. The molecular formula is C20H14F3N5O2. The van der Waals surface area contributed by atoms with Crippen molar-refractivity contribution in [3.05, 3.63) is 71.5 Å². The number of carbonyl (C=O) groups is 1. The first-order valence-electron chi connectivity index (χ1n) is 8.74. The van der Waals surface area contributed by atoms with Crippen LogP contribution in [0.3, 0.4) is 0 Å². The normalized spacial score (nSPS) is 11.6. The molecule has 3 heterocycles. The average Bonchev–Trinajstić information content (AvgIpc) is 3.02. The number of imidazole rings is 1. The molecule has 0 spiro atoms. The topological polar surface area (TPSA) is 92.4 Å². The Labute approximate surface area is 167 Å². The molecule has 4 aromatic rings. The van der Waals surface area contributed by atoms with Crippen LogP contribution in [0, 0.1) is 6.92 Å². The van der Waals surface area contributed by atoms with Crippen LogP contribution in [0.15, 0.2) is 54.6 Å². The monoisotopic (exact) mass is 413 g/mol. The lowest BCUT2D eigenvalue weighted by molar-refractivity contribution is -0.137. The summed E-state index contributed by atoms with van der Waals surface area (Å²) in [7, 11) is 0. The van der Waals surface area contributed by atoms with Crippen LogP contribution in [0.5, 0.6) is 5.88 Å². The maximum absolute atomic E-state index is 13.4. The number of anilines is 1. The van der Waals surface area contributed by atoms with E-state index in [1.54, 1.807) is 25.1 Å². The number of aromatic hydroxyl groups is 1. The average molecular weight is 413 g/mol. The van der Waals surface area contributed by atoms with E-state index >= 15 is 0 Å². The third kappa shape index (κ3) is 3.54. The number of aromatic nitrogens is 4. The van der Waals surface area contributed by atoms with Gasteiger partial charge in [0.1, 0.15) is 5.82 Å². The molecule has 0 unspecified atom stereocenters. The molecule has 7 nitrogen and oxygen atoms in total. The van der Waals surface area contributed by atoms with Gasteiger partial charge in [-0.1, -0.05) is 24.3 Å². The van der Waals surface area contributed by atoms with Gasteiger partial charge >= 0.3 is 6.18 Å².